The Morgan fingerprint density at radius 3 is 2.43 bits per heavy atom. The second kappa shape index (κ2) is 6.71. The van der Waals surface area contributed by atoms with Crippen LogP contribution in [0.5, 0.6) is 0 Å². The summed E-state index contributed by atoms with van der Waals surface area (Å²) < 4.78 is 23.1. The van der Waals surface area contributed by atoms with Gasteiger partial charge in [0.15, 0.2) is 9.84 Å². The van der Waals surface area contributed by atoms with Crippen molar-refractivity contribution in [2.45, 2.75) is 37.6 Å². The van der Waals surface area contributed by atoms with Crippen LogP contribution >= 0.6 is 0 Å². The SMILES string of the molecule is CCc1ccc(S(C)(=O)=O)cc1C(=O)NC(C)CC(=O)O. The zero-order valence-corrected chi connectivity index (χ0v) is 13.0. The fourth-order valence-corrected chi connectivity index (χ4v) is 2.57. The van der Waals surface area contributed by atoms with E-state index in [1.165, 1.54) is 12.1 Å². The largest absolute Gasteiger partial charge is 0.481 e. The summed E-state index contributed by atoms with van der Waals surface area (Å²) in [5.41, 5.74) is 0.972. The van der Waals surface area contributed by atoms with Crippen LogP contribution in [0.3, 0.4) is 0 Å². The topological polar surface area (TPSA) is 101 Å². The summed E-state index contributed by atoms with van der Waals surface area (Å²) in [4.78, 5) is 22.9. The van der Waals surface area contributed by atoms with E-state index < -0.39 is 27.8 Å². The van der Waals surface area contributed by atoms with Gasteiger partial charge < -0.3 is 10.4 Å². The van der Waals surface area contributed by atoms with Crippen molar-refractivity contribution in [1.29, 1.82) is 0 Å². The van der Waals surface area contributed by atoms with Gasteiger partial charge in [0, 0.05) is 17.9 Å². The number of benzene rings is 1. The zero-order chi connectivity index (χ0) is 16.2. The molecule has 0 aliphatic carbocycles. The monoisotopic (exact) mass is 313 g/mol. The third kappa shape index (κ3) is 4.86. The first-order valence-corrected chi connectivity index (χ1v) is 8.40. The van der Waals surface area contributed by atoms with Crippen molar-refractivity contribution in [3.63, 3.8) is 0 Å². The minimum absolute atomic E-state index is 0.0655. The lowest BCUT2D eigenvalue weighted by molar-refractivity contribution is -0.137. The molecular weight excluding hydrogens is 294 g/mol. The number of sulfone groups is 1. The molecule has 21 heavy (non-hydrogen) atoms. The maximum atomic E-state index is 12.2. The van der Waals surface area contributed by atoms with E-state index in [2.05, 4.69) is 5.32 Å². The maximum Gasteiger partial charge on any atom is 0.305 e. The number of hydrogen-bond donors (Lipinski definition) is 2. The number of carboxylic acids is 1. The third-order valence-corrected chi connectivity index (χ3v) is 4.10. The Morgan fingerprint density at radius 1 is 1.33 bits per heavy atom. The number of amides is 1. The molecule has 0 aliphatic rings. The van der Waals surface area contributed by atoms with Crippen LogP contribution in [0.2, 0.25) is 0 Å². The number of carbonyl (C=O) groups excluding carboxylic acids is 1. The van der Waals surface area contributed by atoms with E-state index in [4.69, 9.17) is 5.11 Å². The smallest absolute Gasteiger partial charge is 0.305 e. The number of carboxylic acid groups (broad SMARTS) is 1. The van der Waals surface area contributed by atoms with Gasteiger partial charge in [0.25, 0.3) is 5.91 Å². The van der Waals surface area contributed by atoms with Crippen molar-refractivity contribution in [3.8, 4) is 0 Å². The number of nitrogens with one attached hydrogen (secondary N) is 1. The van der Waals surface area contributed by atoms with Crippen LogP contribution < -0.4 is 5.32 Å². The summed E-state index contributed by atoms with van der Waals surface area (Å²) >= 11 is 0. The molecule has 0 spiro atoms. The molecule has 0 saturated carbocycles. The normalized spacial score (nSPS) is 12.7. The summed E-state index contributed by atoms with van der Waals surface area (Å²) in [6.45, 7) is 3.44. The average molecular weight is 313 g/mol. The molecular formula is C14H19NO5S. The summed E-state index contributed by atoms with van der Waals surface area (Å²) in [7, 11) is -3.41. The van der Waals surface area contributed by atoms with E-state index in [1.807, 2.05) is 6.92 Å². The highest BCUT2D eigenvalue weighted by molar-refractivity contribution is 7.90. The maximum absolute atomic E-state index is 12.2. The fourth-order valence-electron chi connectivity index (χ4n) is 1.92. The average Bonchev–Trinajstić information content (AvgIpc) is 2.35. The van der Waals surface area contributed by atoms with Crippen molar-refractivity contribution >= 4 is 21.7 Å². The van der Waals surface area contributed by atoms with Crippen molar-refractivity contribution in [2.75, 3.05) is 6.26 Å². The predicted molar refractivity (Wildman–Crippen MR) is 78.1 cm³/mol. The van der Waals surface area contributed by atoms with Crippen LogP contribution in [-0.4, -0.2) is 37.7 Å². The van der Waals surface area contributed by atoms with Crippen LogP contribution in [0.1, 0.15) is 36.2 Å². The van der Waals surface area contributed by atoms with Crippen LogP contribution in [0, 0.1) is 0 Å². The van der Waals surface area contributed by atoms with Crippen molar-refractivity contribution in [3.05, 3.63) is 29.3 Å². The van der Waals surface area contributed by atoms with Crippen LogP contribution in [-0.2, 0) is 21.1 Å². The molecule has 6 nitrogen and oxygen atoms in total. The Balaban J connectivity index is 3.09. The third-order valence-electron chi connectivity index (χ3n) is 2.99. The van der Waals surface area contributed by atoms with Gasteiger partial charge in [-0.25, -0.2) is 8.42 Å². The van der Waals surface area contributed by atoms with Gasteiger partial charge in [0.05, 0.1) is 11.3 Å². The van der Waals surface area contributed by atoms with Gasteiger partial charge in [0.1, 0.15) is 0 Å². The molecule has 0 bridgehead atoms. The van der Waals surface area contributed by atoms with Gasteiger partial charge >= 0.3 is 5.97 Å². The summed E-state index contributed by atoms with van der Waals surface area (Å²) in [6.07, 6.45) is 1.45. The zero-order valence-electron chi connectivity index (χ0n) is 12.2. The summed E-state index contributed by atoms with van der Waals surface area (Å²) in [6, 6.07) is 3.86. The van der Waals surface area contributed by atoms with Gasteiger partial charge in [-0.3, -0.25) is 9.59 Å². The molecule has 0 radical (unpaired) electrons. The molecule has 0 aromatic heterocycles. The van der Waals surface area contributed by atoms with Gasteiger partial charge in [-0.15, -0.1) is 0 Å². The Kier molecular flexibility index (Phi) is 5.48. The predicted octanol–water partition coefficient (Wildman–Crippen LogP) is 1.25. The second-order valence-corrected chi connectivity index (χ2v) is 6.93. The Labute approximate surface area is 124 Å². The second-order valence-electron chi connectivity index (χ2n) is 4.92. The van der Waals surface area contributed by atoms with Gasteiger partial charge in [-0.1, -0.05) is 13.0 Å². The highest BCUT2D eigenvalue weighted by Gasteiger charge is 2.18. The molecule has 1 aromatic carbocycles. The van der Waals surface area contributed by atoms with Crippen molar-refractivity contribution in [1.82, 2.24) is 5.32 Å². The van der Waals surface area contributed by atoms with Crippen molar-refractivity contribution < 1.29 is 23.1 Å². The van der Waals surface area contributed by atoms with E-state index in [9.17, 15) is 18.0 Å². The lowest BCUT2D eigenvalue weighted by Gasteiger charge is -2.14. The minimum Gasteiger partial charge on any atom is -0.481 e. The van der Waals surface area contributed by atoms with Gasteiger partial charge in [-0.2, -0.15) is 0 Å². The molecule has 1 atom stereocenters. The first kappa shape index (κ1) is 17.2. The molecule has 7 heteroatoms. The number of rotatable bonds is 6. The molecule has 0 aliphatic heterocycles. The number of aryl methyl sites for hydroxylation is 1. The van der Waals surface area contributed by atoms with E-state index >= 15 is 0 Å². The number of carbonyl (C=O) groups is 2. The molecule has 0 heterocycles. The molecule has 1 rings (SSSR count). The highest BCUT2D eigenvalue weighted by Crippen LogP contribution is 2.17. The quantitative estimate of drug-likeness (QED) is 0.823. The summed E-state index contributed by atoms with van der Waals surface area (Å²) in [5.74, 6) is -1.48. The molecule has 0 fully saturated rings. The summed E-state index contributed by atoms with van der Waals surface area (Å²) in [5, 5.41) is 11.3. The van der Waals surface area contributed by atoms with E-state index in [-0.39, 0.29) is 16.9 Å². The van der Waals surface area contributed by atoms with Crippen LogP contribution in [0.25, 0.3) is 0 Å². The molecule has 116 valence electrons. The Hall–Kier alpha value is -1.89. The van der Waals surface area contributed by atoms with Gasteiger partial charge in [0.2, 0.25) is 0 Å². The molecule has 1 aromatic rings. The minimum atomic E-state index is -3.41. The first-order valence-electron chi connectivity index (χ1n) is 6.50. The molecule has 0 saturated heterocycles. The van der Waals surface area contributed by atoms with E-state index in [0.29, 0.717) is 12.0 Å². The highest BCUT2D eigenvalue weighted by atomic mass is 32.2. The molecule has 1 unspecified atom stereocenters. The molecule has 2 N–H and O–H groups in total. The van der Waals surface area contributed by atoms with Crippen molar-refractivity contribution in [2.24, 2.45) is 0 Å². The van der Waals surface area contributed by atoms with E-state index in [1.54, 1.807) is 13.0 Å². The Morgan fingerprint density at radius 2 is 1.95 bits per heavy atom. The first-order chi connectivity index (χ1) is 9.65. The lowest BCUT2D eigenvalue weighted by Crippen LogP contribution is -2.34. The standard InChI is InChI=1S/C14H19NO5S/c1-4-10-5-6-11(21(3,19)20)8-12(10)14(18)15-9(2)7-13(16)17/h5-6,8-9H,4,7H2,1-3H3,(H,15,18)(H,16,17). The number of aliphatic carboxylic acids is 1. The van der Waals surface area contributed by atoms with Crippen LogP contribution in [0.15, 0.2) is 23.1 Å². The van der Waals surface area contributed by atoms with E-state index in [0.717, 1.165) is 6.26 Å². The fraction of sp³-hybridized carbons (Fsp3) is 0.429. The van der Waals surface area contributed by atoms with Gasteiger partial charge in [-0.05, 0) is 31.0 Å². The van der Waals surface area contributed by atoms with Crippen LogP contribution in [0.4, 0.5) is 0 Å². The lowest BCUT2D eigenvalue weighted by atomic mass is 10.0. The Bertz CT molecular complexity index is 651. The number of hydrogen-bond acceptors (Lipinski definition) is 4. The molecule has 1 amide bonds.